The molecule has 24 heavy (non-hydrogen) atoms. The number of Topliss-reactive ketones (excluding diaryl/α,β-unsaturated/α-hetero) is 1. The number of hydrogen-bond acceptors (Lipinski definition) is 1. The Bertz CT molecular complexity index is 675. The maximum Gasteiger partial charge on any atom is 0.149 e. The van der Waals surface area contributed by atoms with Crippen LogP contribution < -0.4 is 0 Å². The second kappa shape index (κ2) is 8.44. The van der Waals surface area contributed by atoms with E-state index in [4.69, 9.17) is 0 Å². The Balaban J connectivity index is 2.37. The summed E-state index contributed by atoms with van der Waals surface area (Å²) in [6.45, 7) is 8.39. The molecular formula is C21H24Br2O. The Labute approximate surface area is 162 Å². The highest BCUT2D eigenvalue weighted by Crippen LogP contribution is 2.31. The standard InChI is InChI=1S/C21H24Br2O/c1-13-5-7-17(9-15(13)3)19(11-22)21(24)20(12-23)18-8-6-14(2)16(4)10-18/h5-10,19-20H,11-12H2,1-4H3. The maximum absolute atomic E-state index is 13.2. The first-order valence-electron chi connectivity index (χ1n) is 8.19. The lowest BCUT2D eigenvalue weighted by Crippen LogP contribution is -2.23. The smallest absolute Gasteiger partial charge is 0.149 e. The molecule has 0 heterocycles. The molecule has 0 aromatic heterocycles. The summed E-state index contributed by atoms with van der Waals surface area (Å²) >= 11 is 7.11. The molecule has 2 unspecified atom stereocenters. The fourth-order valence-corrected chi connectivity index (χ4v) is 4.25. The molecule has 0 N–H and O–H groups in total. The molecule has 0 bridgehead atoms. The molecule has 2 aromatic carbocycles. The molecule has 0 saturated heterocycles. The van der Waals surface area contributed by atoms with Crippen molar-refractivity contribution in [3.8, 4) is 0 Å². The average molecular weight is 452 g/mol. The Hall–Kier alpha value is -0.930. The minimum Gasteiger partial charge on any atom is -0.298 e. The quantitative estimate of drug-likeness (QED) is 0.481. The monoisotopic (exact) mass is 450 g/mol. The molecule has 0 fully saturated rings. The number of halogens is 2. The second-order valence-electron chi connectivity index (χ2n) is 6.50. The largest absolute Gasteiger partial charge is 0.298 e. The molecule has 0 amide bonds. The maximum atomic E-state index is 13.2. The first-order chi connectivity index (χ1) is 11.4. The molecule has 0 radical (unpaired) electrons. The predicted molar refractivity (Wildman–Crippen MR) is 110 cm³/mol. The molecular weight excluding hydrogens is 428 g/mol. The highest BCUT2D eigenvalue weighted by Gasteiger charge is 2.28. The van der Waals surface area contributed by atoms with E-state index in [2.05, 4.69) is 96.0 Å². The van der Waals surface area contributed by atoms with Gasteiger partial charge in [0, 0.05) is 10.7 Å². The van der Waals surface area contributed by atoms with Crippen LogP contribution in [0.1, 0.15) is 45.2 Å². The van der Waals surface area contributed by atoms with Crippen LogP contribution in [0.3, 0.4) is 0 Å². The normalized spacial score (nSPS) is 13.6. The van der Waals surface area contributed by atoms with Crippen molar-refractivity contribution < 1.29 is 4.79 Å². The van der Waals surface area contributed by atoms with Gasteiger partial charge in [-0.2, -0.15) is 0 Å². The molecule has 0 aliphatic rings. The summed E-state index contributed by atoms with van der Waals surface area (Å²) in [4.78, 5) is 13.2. The molecule has 2 atom stereocenters. The van der Waals surface area contributed by atoms with Crippen molar-refractivity contribution in [3.05, 3.63) is 69.8 Å². The van der Waals surface area contributed by atoms with Crippen LogP contribution in [0.2, 0.25) is 0 Å². The van der Waals surface area contributed by atoms with Crippen LogP contribution in [-0.2, 0) is 4.79 Å². The van der Waals surface area contributed by atoms with E-state index in [1.54, 1.807) is 0 Å². The van der Waals surface area contributed by atoms with Crippen LogP contribution in [0, 0.1) is 27.7 Å². The number of carbonyl (C=O) groups is 1. The van der Waals surface area contributed by atoms with Gasteiger partial charge in [-0.3, -0.25) is 4.79 Å². The van der Waals surface area contributed by atoms with Gasteiger partial charge in [0.2, 0.25) is 0 Å². The van der Waals surface area contributed by atoms with Gasteiger partial charge in [-0.25, -0.2) is 0 Å². The zero-order valence-corrected chi connectivity index (χ0v) is 17.9. The first kappa shape index (κ1) is 19.4. The van der Waals surface area contributed by atoms with Crippen LogP contribution in [0.5, 0.6) is 0 Å². The van der Waals surface area contributed by atoms with Gasteiger partial charge in [-0.15, -0.1) is 0 Å². The van der Waals surface area contributed by atoms with Crippen LogP contribution in [0.4, 0.5) is 0 Å². The second-order valence-corrected chi connectivity index (χ2v) is 7.80. The van der Waals surface area contributed by atoms with Gasteiger partial charge < -0.3 is 0 Å². The first-order valence-corrected chi connectivity index (χ1v) is 10.4. The molecule has 0 spiro atoms. The Morgan fingerprint density at radius 3 is 1.42 bits per heavy atom. The Morgan fingerprint density at radius 2 is 1.12 bits per heavy atom. The molecule has 0 saturated carbocycles. The summed E-state index contributed by atoms with van der Waals surface area (Å²) < 4.78 is 0. The number of rotatable bonds is 6. The highest BCUT2D eigenvalue weighted by molar-refractivity contribution is 9.09. The van der Waals surface area contributed by atoms with Gasteiger partial charge in [0.1, 0.15) is 5.78 Å². The van der Waals surface area contributed by atoms with E-state index in [1.807, 2.05) is 0 Å². The summed E-state index contributed by atoms with van der Waals surface area (Å²) in [7, 11) is 0. The van der Waals surface area contributed by atoms with Crippen molar-refractivity contribution in [2.45, 2.75) is 39.5 Å². The molecule has 2 rings (SSSR count). The molecule has 128 valence electrons. The van der Waals surface area contributed by atoms with Crippen LogP contribution >= 0.6 is 31.9 Å². The Morgan fingerprint density at radius 1 is 0.750 bits per heavy atom. The third kappa shape index (κ3) is 4.18. The van der Waals surface area contributed by atoms with E-state index in [1.165, 1.54) is 22.3 Å². The highest BCUT2D eigenvalue weighted by atomic mass is 79.9. The van der Waals surface area contributed by atoms with E-state index in [-0.39, 0.29) is 17.6 Å². The predicted octanol–water partition coefficient (Wildman–Crippen LogP) is 6.15. The fourth-order valence-electron chi connectivity index (χ4n) is 2.86. The number of carbonyl (C=O) groups excluding carboxylic acids is 1. The summed E-state index contributed by atoms with van der Waals surface area (Å²) in [5.74, 6) is -0.00262. The van der Waals surface area contributed by atoms with Gasteiger partial charge >= 0.3 is 0 Å². The number of hydrogen-bond donors (Lipinski definition) is 0. The van der Waals surface area contributed by atoms with Gasteiger partial charge in [-0.1, -0.05) is 68.3 Å². The minimum absolute atomic E-state index is 0.131. The van der Waals surface area contributed by atoms with E-state index in [9.17, 15) is 4.79 Å². The molecule has 0 aliphatic heterocycles. The number of benzene rings is 2. The van der Waals surface area contributed by atoms with Gasteiger partial charge in [0.25, 0.3) is 0 Å². The lowest BCUT2D eigenvalue weighted by molar-refractivity contribution is -0.121. The average Bonchev–Trinajstić information content (AvgIpc) is 2.55. The summed E-state index contributed by atoms with van der Waals surface area (Å²) in [6.07, 6.45) is 0. The fraction of sp³-hybridized carbons (Fsp3) is 0.381. The van der Waals surface area contributed by atoms with E-state index >= 15 is 0 Å². The van der Waals surface area contributed by atoms with Gasteiger partial charge in [-0.05, 0) is 61.1 Å². The third-order valence-corrected chi connectivity index (χ3v) is 6.16. The molecule has 3 heteroatoms. The zero-order valence-electron chi connectivity index (χ0n) is 14.7. The van der Waals surface area contributed by atoms with E-state index in [0.29, 0.717) is 10.7 Å². The third-order valence-electron chi connectivity index (χ3n) is 4.86. The van der Waals surface area contributed by atoms with Crippen molar-refractivity contribution in [3.63, 3.8) is 0 Å². The van der Waals surface area contributed by atoms with Crippen molar-refractivity contribution in [1.29, 1.82) is 0 Å². The van der Waals surface area contributed by atoms with Gasteiger partial charge in [0.05, 0.1) is 11.8 Å². The summed E-state index contributed by atoms with van der Waals surface area (Å²) in [5.41, 5.74) is 7.15. The minimum atomic E-state index is -0.131. The zero-order chi connectivity index (χ0) is 17.9. The lowest BCUT2D eigenvalue weighted by Gasteiger charge is -2.22. The van der Waals surface area contributed by atoms with Crippen molar-refractivity contribution >= 4 is 37.6 Å². The van der Waals surface area contributed by atoms with Crippen molar-refractivity contribution in [2.75, 3.05) is 10.7 Å². The number of alkyl halides is 2. The van der Waals surface area contributed by atoms with Gasteiger partial charge in [0.15, 0.2) is 0 Å². The number of aryl methyl sites for hydroxylation is 4. The summed E-state index contributed by atoms with van der Waals surface area (Å²) in [6, 6.07) is 12.7. The number of ketones is 1. The van der Waals surface area contributed by atoms with Crippen molar-refractivity contribution in [2.24, 2.45) is 0 Å². The Kier molecular flexibility index (Phi) is 6.82. The molecule has 0 aliphatic carbocycles. The summed E-state index contributed by atoms with van der Waals surface area (Å²) in [5, 5.41) is 1.28. The SMILES string of the molecule is Cc1ccc(C(CBr)C(=O)C(CBr)c2ccc(C)c(C)c2)cc1C. The lowest BCUT2D eigenvalue weighted by atomic mass is 9.84. The van der Waals surface area contributed by atoms with Crippen LogP contribution in [0.25, 0.3) is 0 Å². The molecule has 1 nitrogen and oxygen atoms in total. The van der Waals surface area contributed by atoms with Crippen LogP contribution in [-0.4, -0.2) is 16.4 Å². The van der Waals surface area contributed by atoms with Crippen molar-refractivity contribution in [1.82, 2.24) is 0 Å². The van der Waals surface area contributed by atoms with E-state index in [0.717, 1.165) is 11.1 Å². The van der Waals surface area contributed by atoms with E-state index < -0.39 is 0 Å². The van der Waals surface area contributed by atoms with Crippen LogP contribution in [0.15, 0.2) is 36.4 Å². The molecule has 2 aromatic rings. The topological polar surface area (TPSA) is 17.1 Å².